The molecule has 0 saturated carbocycles. The van der Waals surface area contributed by atoms with Crippen molar-refractivity contribution in [3.63, 3.8) is 0 Å². The van der Waals surface area contributed by atoms with Gasteiger partial charge in [0.25, 0.3) is 0 Å². The lowest BCUT2D eigenvalue weighted by Gasteiger charge is -2.29. The van der Waals surface area contributed by atoms with Crippen LogP contribution in [-0.2, 0) is 11.3 Å². The number of amides is 1. The minimum absolute atomic E-state index is 0.00507. The highest BCUT2D eigenvalue weighted by Gasteiger charge is 2.23. The molecule has 1 saturated heterocycles. The van der Waals surface area contributed by atoms with Crippen molar-refractivity contribution >= 4 is 6.09 Å². The Morgan fingerprint density at radius 3 is 2.94 bits per heavy atom. The molecule has 0 radical (unpaired) electrons. The second-order valence-corrected chi connectivity index (χ2v) is 4.47. The molecule has 1 aliphatic heterocycles. The van der Waals surface area contributed by atoms with Gasteiger partial charge in [-0.3, -0.25) is 0 Å². The van der Waals surface area contributed by atoms with E-state index in [1.807, 2.05) is 30.3 Å². The number of alkyl carbamates (subject to hydrolysis) is 1. The first-order valence-electron chi connectivity index (χ1n) is 6.19. The number of benzene rings is 1. The molecule has 1 aromatic carbocycles. The van der Waals surface area contributed by atoms with Crippen molar-refractivity contribution in [3.8, 4) is 0 Å². The molecular weight excluding hydrogens is 230 g/mol. The average Bonchev–Trinajstić information content (AvgIpc) is 2.40. The van der Waals surface area contributed by atoms with Crippen LogP contribution in [0.4, 0.5) is 4.79 Å². The van der Waals surface area contributed by atoms with Crippen molar-refractivity contribution in [1.82, 2.24) is 10.6 Å². The first-order valence-corrected chi connectivity index (χ1v) is 6.19. The van der Waals surface area contributed by atoms with E-state index >= 15 is 0 Å². The van der Waals surface area contributed by atoms with Crippen molar-refractivity contribution in [2.75, 3.05) is 13.1 Å². The molecule has 5 heteroatoms. The van der Waals surface area contributed by atoms with E-state index in [4.69, 9.17) is 10.5 Å². The number of rotatable bonds is 3. The molecule has 0 aliphatic carbocycles. The molecule has 5 nitrogen and oxygen atoms in total. The van der Waals surface area contributed by atoms with Crippen LogP contribution in [0.25, 0.3) is 0 Å². The van der Waals surface area contributed by atoms with Gasteiger partial charge >= 0.3 is 6.09 Å². The summed E-state index contributed by atoms with van der Waals surface area (Å²) < 4.78 is 5.15. The quantitative estimate of drug-likeness (QED) is 0.733. The number of nitrogens with one attached hydrogen (secondary N) is 2. The molecule has 1 heterocycles. The normalized spacial score (nSPS) is 23.4. The molecule has 98 valence electrons. The third kappa shape index (κ3) is 3.72. The van der Waals surface area contributed by atoms with Crippen LogP contribution in [0.2, 0.25) is 0 Å². The molecule has 0 aromatic heterocycles. The SMILES string of the molecule is NC1CNCCC1NC(=O)OCc1ccccc1. The number of hydrogen-bond acceptors (Lipinski definition) is 4. The first kappa shape index (κ1) is 12.9. The summed E-state index contributed by atoms with van der Waals surface area (Å²) in [5.41, 5.74) is 6.88. The summed E-state index contributed by atoms with van der Waals surface area (Å²) in [6.45, 7) is 1.88. The maximum Gasteiger partial charge on any atom is 0.407 e. The maximum atomic E-state index is 11.6. The number of carbonyl (C=O) groups is 1. The Kier molecular flexibility index (Phi) is 4.55. The molecule has 1 amide bonds. The van der Waals surface area contributed by atoms with Crippen LogP contribution in [-0.4, -0.2) is 31.3 Å². The van der Waals surface area contributed by atoms with Crippen LogP contribution in [0.15, 0.2) is 30.3 Å². The summed E-state index contributed by atoms with van der Waals surface area (Å²) in [6.07, 6.45) is 0.433. The summed E-state index contributed by atoms with van der Waals surface area (Å²) in [6, 6.07) is 9.54. The van der Waals surface area contributed by atoms with E-state index in [0.717, 1.165) is 25.1 Å². The van der Waals surface area contributed by atoms with Gasteiger partial charge in [-0.2, -0.15) is 0 Å². The zero-order valence-corrected chi connectivity index (χ0v) is 10.3. The maximum absolute atomic E-state index is 11.6. The Hall–Kier alpha value is -1.59. The van der Waals surface area contributed by atoms with E-state index in [0.29, 0.717) is 0 Å². The van der Waals surface area contributed by atoms with E-state index < -0.39 is 6.09 Å². The number of piperidine rings is 1. The third-order valence-corrected chi connectivity index (χ3v) is 3.04. The van der Waals surface area contributed by atoms with Gasteiger partial charge in [0, 0.05) is 18.6 Å². The van der Waals surface area contributed by atoms with Crippen molar-refractivity contribution in [1.29, 1.82) is 0 Å². The zero-order valence-electron chi connectivity index (χ0n) is 10.3. The van der Waals surface area contributed by atoms with Crippen LogP contribution in [0.1, 0.15) is 12.0 Å². The fourth-order valence-electron chi connectivity index (χ4n) is 1.98. The van der Waals surface area contributed by atoms with E-state index in [1.54, 1.807) is 0 Å². The molecule has 2 rings (SSSR count). The molecule has 1 fully saturated rings. The highest BCUT2D eigenvalue weighted by Crippen LogP contribution is 2.04. The van der Waals surface area contributed by atoms with Crippen molar-refractivity contribution < 1.29 is 9.53 Å². The predicted molar refractivity (Wildman–Crippen MR) is 69.0 cm³/mol. The lowest BCUT2D eigenvalue weighted by atomic mass is 10.0. The number of ether oxygens (including phenoxy) is 1. The molecule has 2 atom stereocenters. The number of carbonyl (C=O) groups excluding carboxylic acids is 1. The van der Waals surface area contributed by atoms with Crippen molar-refractivity contribution in [2.45, 2.75) is 25.1 Å². The van der Waals surface area contributed by atoms with Gasteiger partial charge in [0.1, 0.15) is 6.61 Å². The third-order valence-electron chi connectivity index (χ3n) is 3.04. The van der Waals surface area contributed by atoms with Crippen molar-refractivity contribution in [3.05, 3.63) is 35.9 Å². The van der Waals surface area contributed by atoms with E-state index in [2.05, 4.69) is 10.6 Å². The molecule has 2 unspecified atom stereocenters. The van der Waals surface area contributed by atoms with Gasteiger partial charge in [0.15, 0.2) is 0 Å². The predicted octanol–water partition coefficient (Wildman–Crippen LogP) is 0.602. The van der Waals surface area contributed by atoms with Gasteiger partial charge in [-0.15, -0.1) is 0 Å². The smallest absolute Gasteiger partial charge is 0.407 e. The van der Waals surface area contributed by atoms with Crippen LogP contribution in [0.3, 0.4) is 0 Å². The summed E-state index contributed by atoms with van der Waals surface area (Å²) in [5, 5.41) is 5.99. The lowest BCUT2D eigenvalue weighted by molar-refractivity contribution is 0.132. The minimum atomic E-state index is -0.402. The second-order valence-electron chi connectivity index (χ2n) is 4.47. The van der Waals surface area contributed by atoms with Gasteiger partial charge in [0.05, 0.1) is 0 Å². The average molecular weight is 249 g/mol. The number of nitrogens with two attached hydrogens (primary N) is 1. The molecule has 1 aromatic rings. The van der Waals surface area contributed by atoms with Gasteiger partial charge < -0.3 is 21.1 Å². The standard InChI is InChI=1S/C13H19N3O2/c14-11-8-15-7-6-12(11)16-13(17)18-9-10-4-2-1-3-5-10/h1-5,11-12,15H,6-9,14H2,(H,16,17). The molecular formula is C13H19N3O2. The van der Waals surface area contributed by atoms with Crippen LogP contribution < -0.4 is 16.4 Å². The lowest BCUT2D eigenvalue weighted by Crippen LogP contribution is -2.56. The zero-order chi connectivity index (χ0) is 12.8. The van der Waals surface area contributed by atoms with Crippen LogP contribution in [0, 0.1) is 0 Å². The summed E-state index contributed by atoms with van der Waals surface area (Å²) in [7, 11) is 0. The Labute approximate surface area is 107 Å². The summed E-state index contributed by atoms with van der Waals surface area (Å²) in [5.74, 6) is 0. The van der Waals surface area contributed by atoms with Crippen LogP contribution in [0.5, 0.6) is 0 Å². The van der Waals surface area contributed by atoms with Crippen molar-refractivity contribution in [2.24, 2.45) is 5.73 Å². The number of hydrogen-bond donors (Lipinski definition) is 3. The molecule has 18 heavy (non-hydrogen) atoms. The highest BCUT2D eigenvalue weighted by molar-refractivity contribution is 5.67. The molecule has 4 N–H and O–H groups in total. The van der Waals surface area contributed by atoms with E-state index in [-0.39, 0.29) is 18.7 Å². The molecule has 1 aliphatic rings. The Morgan fingerprint density at radius 1 is 1.44 bits per heavy atom. The first-order chi connectivity index (χ1) is 8.75. The Bertz CT molecular complexity index is 383. The van der Waals surface area contributed by atoms with Gasteiger partial charge in [-0.05, 0) is 18.5 Å². The second kappa shape index (κ2) is 6.37. The Balaban J connectivity index is 1.75. The van der Waals surface area contributed by atoms with Gasteiger partial charge in [-0.1, -0.05) is 30.3 Å². The highest BCUT2D eigenvalue weighted by atomic mass is 16.5. The molecule has 0 bridgehead atoms. The fourth-order valence-corrected chi connectivity index (χ4v) is 1.98. The fraction of sp³-hybridized carbons (Fsp3) is 0.462. The van der Waals surface area contributed by atoms with Gasteiger partial charge in [0.2, 0.25) is 0 Å². The van der Waals surface area contributed by atoms with E-state index in [9.17, 15) is 4.79 Å². The monoisotopic (exact) mass is 249 g/mol. The largest absolute Gasteiger partial charge is 0.445 e. The summed E-state index contributed by atoms with van der Waals surface area (Å²) >= 11 is 0. The minimum Gasteiger partial charge on any atom is -0.445 e. The Morgan fingerprint density at radius 2 is 2.22 bits per heavy atom. The topological polar surface area (TPSA) is 76.4 Å². The van der Waals surface area contributed by atoms with Crippen LogP contribution >= 0.6 is 0 Å². The molecule has 0 spiro atoms. The van der Waals surface area contributed by atoms with E-state index in [1.165, 1.54) is 0 Å². The van der Waals surface area contributed by atoms with Gasteiger partial charge in [-0.25, -0.2) is 4.79 Å². The summed E-state index contributed by atoms with van der Waals surface area (Å²) in [4.78, 5) is 11.6.